The number of aryl methyl sites for hydroxylation is 6. The van der Waals surface area contributed by atoms with Crippen LogP contribution in [-0.2, 0) is 22.4 Å². The van der Waals surface area contributed by atoms with Crippen LogP contribution >= 0.6 is 37.2 Å². The van der Waals surface area contributed by atoms with E-state index >= 15 is 0 Å². The van der Waals surface area contributed by atoms with Crippen LogP contribution in [0.3, 0.4) is 0 Å². The maximum absolute atomic E-state index is 10.6. The second-order valence-corrected chi connectivity index (χ2v) is 32.5. The van der Waals surface area contributed by atoms with Gasteiger partial charge in [-0.3, -0.25) is 9.78 Å². The van der Waals surface area contributed by atoms with Gasteiger partial charge in [0.25, 0.3) is 0 Å². The van der Waals surface area contributed by atoms with Crippen LogP contribution in [0, 0.1) is 53.4 Å². The van der Waals surface area contributed by atoms with Crippen molar-refractivity contribution in [2.45, 2.75) is 75.7 Å². The van der Waals surface area contributed by atoms with Crippen LogP contribution in [0.15, 0.2) is 158 Å². The predicted molar refractivity (Wildman–Crippen MR) is 288 cm³/mol. The molecule has 0 aliphatic carbocycles. The number of rotatable bonds is 8. The first-order valence-electron chi connectivity index (χ1n) is 21.4. The van der Waals surface area contributed by atoms with Crippen molar-refractivity contribution < 1.29 is 38.0 Å². The van der Waals surface area contributed by atoms with E-state index in [9.17, 15) is 14.7 Å². The first-order valence-corrected chi connectivity index (χ1v) is 34.0. The van der Waals surface area contributed by atoms with Crippen LogP contribution in [0.4, 0.5) is 0 Å². The number of hydrogen-bond acceptors (Lipinski definition) is 4. The molecule has 0 saturated heterocycles. The molecular weight excluding hydrogens is 1160 g/mol. The Bertz CT molecular complexity index is 2580. The van der Waals surface area contributed by atoms with Crippen molar-refractivity contribution in [2.24, 2.45) is 11.8 Å². The molecular formula is C57H62I3N2O4-. The van der Waals surface area contributed by atoms with Crippen LogP contribution in [0.25, 0.3) is 43.8 Å². The van der Waals surface area contributed by atoms with E-state index in [1.54, 1.807) is 13.8 Å². The molecule has 0 aliphatic rings. The number of carboxylic acid groups (broad SMARTS) is 2. The number of carbonyl (C=O) groups excluding carboxylic acids is 1. The molecule has 0 spiro atoms. The Morgan fingerprint density at radius 1 is 0.606 bits per heavy atom. The van der Waals surface area contributed by atoms with Gasteiger partial charge in [-0.1, -0.05) is 154 Å². The fourth-order valence-electron chi connectivity index (χ4n) is 7.31. The van der Waals surface area contributed by atoms with E-state index in [-0.39, 0.29) is 13.3 Å². The maximum atomic E-state index is 10.6. The molecule has 6 nitrogen and oxygen atoms in total. The van der Waals surface area contributed by atoms with E-state index in [4.69, 9.17) is 5.11 Å². The first-order chi connectivity index (χ1) is 31.1. The number of aliphatic carboxylic acids is 2. The molecule has 66 heavy (non-hydrogen) atoms. The zero-order chi connectivity index (χ0) is 47.5. The molecule has 0 aliphatic heterocycles. The number of fused-ring (bicyclic) bond motifs is 2. The van der Waals surface area contributed by atoms with Gasteiger partial charge in [-0.15, -0.1) is 0 Å². The van der Waals surface area contributed by atoms with E-state index < -0.39 is 17.9 Å². The topological polar surface area (TPSA) is 104 Å². The molecule has 9 heteroatoms. The molecule has 2 aromatic heterocycles. The molecule has 0 amide bonds. The molecule has 6 aromatic carbocycles. The predicted octanol–water partition coefficient (Wildman–Crippen LogP) is 11.0. The van der Waals surface area contributed by atoms with Gasteiger partial charge in [0, 0.05) is 35.6 Å². The molecule has 2 atom stereocenters. The number of nitrogens with zero attached hydrogens (tertiary/aromatic N) is 1. The summed E-state index contributed by atoms with van der Waals surface area (Å²) in [6.45, 7) is 16.0. The van der Waals surface area contributed by atoms with Crippen LogP contribution in [0.1, 0.15) is 65.8 Å². The van der Waals surface area contributed by atoms with E-state index in [1.165, 1.54) is 77.2 Å². The van der Waals surface area contributed by atoms with Crippen molar-refractivity contribution in [1.82, 2.24) is 4.98 Å². The zero-order valence-electron chi connectivity index (χ0n) is 38.3. The molecule has 8 rings (SSSR count). The van der Waals surface area contributed by atoms with E-state index in [2.05, 4.69) is 166 Å². The third-order valence-corrected chi connectivity index (χ3v) is 11.1. The molecule has 0 fully saturated rings. The van der Waals surface area contributed by atoms with Gasteiger partial charge in [-0.05, 0) is 132 Å². The van der Waals surface area contributed by atoms with E-state index in [1.807, 2.05) is 81.0 Å². The molecule has 2 N–H and O–H groups in total. The summed E-state index contributed by atoms with van der Waals surface area (Å²) in [5.41, 5.74) is 14.8. The minimum absolute atomic E-state index is 0. The number of hydrogen-bond donors (Lipinski definition) is 1. The Labute approximate surface area is 422 Å². The van der Waals surface area contributed by atoms with Gasteiger partial charge in [0.15, 0.2) is 12.4 Å². The normalized spacial score (nSPS) is 11.1. The van der Waals surface area contributed by atoms with Crippen molar-refractivity contribution in [3.05, 3.63) is 203 Å². The van der Waals surface area contributed by atoms with Crippen molar-refractivity contribution in [1.29, 1.82) is 0 Å². The zero-order valence-corrected chi connectivity index (χ0v) is 44.8. The number of H-pyrrole nitrogens is 1. The summed E-state index contributed by atoms with van der Waals surface area (Å²) in [5.74, 6) is -2.44. The third-order valence-electron chi connectivity index (χ3n) is 11.1. The number of benzene rings is 6. The van der Waals surface area contributed by atoms with Gasteiger partial charge in [-0.2, -0.15) is 0 Å². The average molecular weight is 1220 g/mol. The van der Waals surface area contributed by atoms with Crippen LogP contribution in [0.5, 0.6) is 0 Å². The average Bonchev–Trinajstić information content (AvgIpc) is 3.29. The standard InChI is InChI=1S/2C17H15N.2C11H14O2.CH4.I3/c2*1-12-9-10-18-11-16(12)17-13(2)7-8-14-5-3-4-6-15(14)17;2*1-8-3-5-10(6-4-8)7-9(2)11(12)13;;1-3-2/h2*3-11H,1-2H3;2*3-6,9H,7H2,1-2H3,(H,12,13);1H4;/q;;;;;-1/t;;2*9-;;/m..11../s1. The summed E-state index contributed by atoms with van der Waals surface area (Å²) in [4.78, 5) is 28.5. The van der Waals surface area contributed by atoms with Gasteiger partial charge in [0.2, 0.25) is 0 Å². The molecule has 0 unspecified atom stereocenters. The quantitative estimate of drug-likeness (QED) is 0.153. The summed E-state index contributed by atoms with van der Waals surface area (Å²) in [6, 6.07) is 45.9. The molecule has 0 radical (unpaired) electrons. The van der Waals surface area contributed by atoms with E-state index in [0.717, 1.165) is 11.1 Å². The van der Waals surface area contributed by atoms with Crippen LogP contribution in [-0.4, -0.2) is 22.0 Å². The monoisotopic (exact) mass is 1220 g/mol. The molecule has 8 aromatic rings. The molecule has 0 saturated carbocycles. The van der Waals surface area contributed by atoms with Crippen molar-refractivity contribution >= 4 is 70.7 Å². The Morgan fingerprint density at radius 3 is 1.48 bits per heavy atom. The van der Waals surface area contributed by atoms with Crippen molar-refractivity contribution in [3.8, 4) is 22.3 Å². The number of nitrogens with one attached hydrogen (secondary N) is 1. The fourth-order valence-corrected chi connectivity index (χ4v) is 7.31. The molecule has 2 heterocycles. The second kappa shape index (κ2) is 28.4. The summed E-state index contributed by atoms with van der Waals surface area (Å²) in [6.07, 6.45) is 9.02. The Hall–Kier alpha value is -4.73. The summed E-state index contributed by atoms with van der Waals surface area (Å²) < 4.78 is 0. The Balaban J connectivity index is 0.000000230. The number of carbonyl (C=O) groups is 2. The van der Waals surface area contributed by atoms with Crippen LogP contribution < -0.4 is 23.3 Å². The number of halogens is 3. The van der Waals surface area contributed by atoms with Crippen LogP contribution in [0.2, 0.25) is 0 Å². The number of pyridine rings is 2. The molecule has 0 bridgehead atoms. The Morgan fingerprint density at radius 2 is 1.05 bits per heavy atom. The fraction of sp³-hybridized carbons (Fsp3) is 0.228. The summed E-state index contributed by atoms with van der Waals surface area (Å²) in [7, 11) is 0. The third kappa shape index (κ3) is 16.9. The van der Waals surface area contributed by atoms with Gasteiger partial charge in [0.05, 0.1) is 5.92 Å². The minimum atomic E-state index is -0.986. The number of aromatic amines is 1. The van der Waals surface area contributed by atoms with Gasteiger partial charge >= 0.3 is 56.5 Å². The first kappa shape index (κ1) is 55.6. The van der Waals surface area contributed by atoms with Gasteiger partial charge in [0.1, 0.15) is 0 Å². The summed E-state index contributed by atoms with van der Waals surface area (Å²) >= 11 is 5.30. The number of carboxylic acids is 2. The van der Waals surface area contributed by atoms with E-state index in [0.29, 0.717) is 26.1 Å². The number of aromatic nitrogens is 2. The van der Waals surface area contributed by atoms with Gasteiger partial charge in [-0.25, -0.2) is 4.98 Å². The Kier molecular flexibility index (Phi) is 24.0. The summed E-state index contributed by atoms with van der Waals surface area (Å²) in [5, 5.41) is 24.3. The second-order valence-electron chi connectivity index (χ2n) is 16.3. The van der Waals surface area contributed by atoms with Gasteiger partial charge < -0.3 is 15.0 Å². The SMILES string of the molecule is C.Cc1cc[nH+]cc1-c1c(C)ccc2ccccc12.Cc1ccc(C[C@@H](C)C(=O)O)cc1.Cc1ccc(C[C@@H](C)C(=O)[O-])cc1.Cc1ccncc1-c1c(C)ccc2ccccc12.I[I-]I. The van der Waals surface area contributed by atoms with Crippen molar-refractivity contribution in [3.63, 3.8) is 0 Å². The van der Waals surface area contributed by atoms with Crippen molar-refractivity contribution in [2.75, 3.05) is 0 Å². The molecule has 346 valence electrons.